The summed E-state index contributed by atoms with van der Waals surface area (Å²) < 4.78 is 22.3. The molecule has 0 atom stereocenters. The van der Waals surface area contributed by atoms with Gasteiger partial charge in [0, 0.05) is 14.2 Å². The van der Waals surface area contributed by atoms with E-state index in [9.17, 15) is 14.0 Å². The minimum absolute atomic E-state index is 0.0239. The lowest BCUT2D eigenvalue weighted by Crippen LogP contribution is -2.40. The molecule has 1 aromatic rings. The van der Waals surface area contributed by atoms with Crippen molar-refractivity contribution < 1.29 is 23.5 Å². The Bertz CT molecular complexity index is 434. The molecule has 1 rings (SSSR count). The van der Waals surface area contributed by atoms with Gasteiger partial charge in [-0.2, -0.15) is 0 Å². The first-order chi connectivity index (χ1) is 9.06. The second-order valence-corrected chi connectivity index (χ2v) is 3.43. The van der Waals surface area contributed by atoms with Crippen LogP contribution in [0.1, 0.15) is 0 Å². The molecular weight excluding hydrogens is 257 g/mol. The Morgan fingerprint density at radius 3 is 2.53 bits per heavy atom. The van der Waals surface area contributed by atoms with Gasteiger partial charge in [-0.1, -0.05) is 0 Å². The highest BCUT2D eigenvalue weighted by atomic mass is 19.1. The number of carbonyl (C=O) groups excluding carboxylic acids is 2. The van der Waals surface area contributed by atoms with Crippen LogP contribution in [0.3, 0.4) is 0 Å². The number of anilines is 1. The van der Waals surface area contributed by atoms with E-state index >= 15 is 0 Å². The Labute approximate surface area is 109 Å². The zero-order chi connectivity index (χ0) is 14.3. The normalized spacial score (nSPS) is 10.3. The maximum atomic E-state index is 12.6. The minimum Gasteiger partial charge on any atom is -0.354 e. The van der Waals surface area contributed by atoms with Crippen molar-refractivity contribution in [1.29, 1.82) is 0 Å². The summed E-state index contributed by atoms with van der Waals surface area (Å²) in [4.78, 5) is 26.5. The maximum absolute atomic E-state index is 12.6. The van der Waals surface area contributed by atoms with E-state index in [1.807, 2.05) is 0 Å². The Hall–Kier alpha value is -2.06. The Balaban J connectivity index is 2.44. The number of hydrogen-bond donors (Lipinski definition) is 2. The molecule has 0 aliphatic carbocycles. The third-order valence-corrected chi connectivity index (χ3v) is 2.13. The molecule has 0 aliphatic rings. The van der Waals surface area contributed by atoms with E-state index in [0.29, 0.717) is 0 Å². The van der Waals surface area contributed by atoms with E-state index in [1.165, 1.54) is 20.3 Å². The molecule has 1 heterocycles. The summed E-state index contributed by atoms with van der Waals surface area (Å²) in [5.74, 6) is -2.24. The number of pyridine rings is 1. The van der Waals surface area contributed by atoms with Crippen LogP contribution in [0.4, 0.5) is 10.2 Å². The number of nitrogens with zero attached hydrogens (tertiary/aromatic N) is 1. The van der Waals surface area contributed by atoms with Gasteiger partial charge in [0.15, 0.2) is 6.29 Å². The van der Waals surface area contributed by atoms with Gasteiger partial charge in [0.2, 0.25) is 0 Å². The molecule has 19 heavy (non-hydrogen) atoms. The van der Waals surface area contributed by atoms with Crippen LogP contribution in [0.15, 0.2) is 18.3 Å². The van der Waals surface area contributed by atoms with E-state index in [1.54, 1.807) is 0 Å². The summed E-state index contributed by atoms with van der Waals surface area (Å²) >= 11 is 0. The van der Waals surface area contributed by atoms with Gasteiger partial charge in [-0.3, -0.25) is 9.59 Å². The molecule has 0 aromatic carbocycles. The van der Waals surface area contributed by atoms with Crippen LogP contribution in [-0.2, 0) is 19.1 Å². The standard InChI is InChI=1S/C11H14FN3O4/c1-18-9(19-2)6-14-10(16)11(17)15-8-4-3-7(12)5-13-8/h3-5,9H,6H2,1-2H3,(H,14,16)(H,13,15,17). The molecule has 0 bridgehead atoms. The van der Waals surface area contributed by atoms with Crippen LogP contribution in [0, 0.1) is 5.82 Å². The first-order valence-electron chi connectivity index (χ1n) is 5.33. The monoisotopic (exact) mass is 271 g/mol. The molecular formula is C11H14FN3O4. The molecule has 2 N–H and O–H groups in total. The highest BCUT2D eigenvalue weighted by Gasteiger charge is 2.16. The number of amides is 2. The lowest BCUT2D eigenvalue weighted by atomic mass is 10.4. The van der Waals surface area contributed by atoms with Crippen LogP contribution < -0.4 is 10.6 Å². The molecule has 0 saturated carbocycles. The van der Waals surface area contributed by atoms with Gasteiger partial charge >= 0.3 is 11.8 Å². The fourth-order valence-electron chi connectivity index (χ4n) is 1.14. The number of aromatic nitrogens is 1. The van der Waals surface area contributed by atoms with Crippen molar-refractivity contribution in [3.8, 4) is 0 Å². The minimum atomic E-state index is -0.912. The first kappa shape index (κ1) is 15.0. The molecule has 0 unspecified atom stereocenters. The van der Waals surface area contributed by atoms with Crippen LogP contribution in [0.5, 0.6) is 0 Å². The average molecular weight is 271 g/mol. The van der Waals surface area contributed by atoms with E-state index < -0.39 is 23.9 Å². The number of halogens is 1. The Morgan fingerprint density at radius 1 is 1.32 bits per heavy atom. The van der Waals surface area contributed by atoms with Crippen LogP contribution in [0.2, 0.25) is 0 Å². The summed E-state index contributed by atoms with van der Waals surface area (Å²) in [5.41, 5.74) is 0. The number of nitrogens with one attached hydrogen (secondary N) is 2. The van der Waals surface area contributed by atoms with Crippen LogP contribution >= 0.6 is 0 Å². The van der Waals surface area contributed by atoms with Gasteiger partial charge in [-0.05, 0) is 12.1 Å². The molecule has 104 valence electrons. The summed E-state index contributed by atoms with van der Waals surface area (Å²) in [6, 6.07) is 2.36. The van der Waals surface area contributed by atoms with Gasteiger partial charge in [0.1, 0.15) is 11.6 Å². The zero-order valence-corrected chi connectivity index (χ0v) is 10.5. The molecule has 7 nitrogen and oxygen atoms in total. The summed E-state index contributed by atoms with van der Waals surface area (Å²) in [6.45, 7) is 0.0239. The van der Waals surface area contributed by atoms with E-state index in [2.05, 4.69) is 15.6 Å². The molecule has 1 aromatic heterocycles. The number of ether oxygens (including phenoxy) is 2. The van der Waals surface area contributed by atoms with Crippen LogP contribution in [-0.4, -0.2) is 43.9 Å². The molecule has 8 heteroatoms. The van der Waals surface area contributed by atoms with Crippen molar-refractivity contribution in [2.24, 2.45) is 0 Å². The number of carbonyl (C=O) groups is 2. The highest BCUT2D eigenvalue weighted by Crippen LogP contribution is 2.02. The molecule has 0 aliphatic heterocycles. The van der Waals surface area contributed by atoms with Crippen LogP contribution in [0.25, 0.3) is 0 Å². The van der Waals surface area contributed by atoms with Crippen molar-refractivity contribution in [1.82, 2.24) is 10.3 Å². The SMILES string of the molecule is COC(CNC(=O)C(=O)Nc1ccc(F)cn1)OC. The Morgan fingerprint density at radius 2 is 2.00 bits per heavy atom. The largest absolute Gasteiger partial charge is 0.354 e. The summed E-state index contributed by atoms with van der Waals surface area (Å²) in [7, 11) is 2.81. The predicted molar refractivity (Wildman–Crippen MR) is 63.6 cm³/mol. The smallest absolute Gasteiger partial charge is 0.314 e. The summed E-state index contributed by atoms with van der Waals surface area (Å²) in [5, 5.41) is 4.53. The quantitative estimate of drug-likeness (QED) is 0.576. The van der Waals surface area contributed by atoms with Crippen molar-refractivity contribution in [2.45, 2.75) is 6.29 Å². The number of methoxy groups -OCH3 is 2. The second-order valence-electron chi connectivity index (χ2n) is 3.43. The molecule has 0 saturated heterocycles. The zero-order valence-electron chi connectivity index (χ0n) is 10.5. The third kappa shape index (κ3) is 4.98. The van der Waals surface area contributed by atoms with E-state index in [0.717, 1.165) is 12.3 Å². The topological polar surface area (TPSA) is 89.5 Å². The third-order valence-electron chi connectivity index (χ3n) is 2.13. The Kier molecular flexibility index (Phi) is 5.83. The predicted octanol–water partition coefficient (Wildman–Crippen LogP) is -0.106. The number of rotatable bonds is 5. The molecule has 0 fully saturated rings. The van der Waals surface area contributed by atoms with Gasteiger partial charge in [-0.15, -0.1) is 0 Å². The average Bonchev–Trinajstić information content (AvgIpc) is 2.42. The maximum Gasteiger partial charge on any atom is 0.314 e. The molecule has 0 spiro atoms. The van der Waals surface area contributed by atoms with Crippen molar-refractivity contribution in [3.63, 3.8) is 0 Å². The van der Waals surface area contributed by atoms with Gasteiger partial charge in [0.25, 0.3) is 0 Å². The highest BCUT2D eigenvalue weighted by molar-refractivity contribution is 6.39. The van der Waals surface area contributed by atoms with E-state index in [-0.39, 0.29) is 12.4 Å². The second kappa shape index (κ2) is 7.39. The van der Waals surface area contributed by atoms with Gasteiger partial charge in [-0.25, -0.2) is 9.37 Å². The molecule has 0 radical (unpaired) electrons. The van der Waals surface area contributed by atoms with Gasteiger partial charge in [0.05, 0.1) is 12.7 Å². The lowest BCUT2D eigenvalue weighted by molar-refractivity contribution is -0.139. The first-order valence-corrected chi connectivity index (χ1v) is 5.33. The van der Waals surface area contributed by atoms with Gasteiger partial charge < -0.3 is 20.1 Å². The fraction of sp³-hybridized carbons (Fsp3) is 0.364. The van der Waals surface area contributed by atoms with Crippen molar-refractivity contribution >= 4 is 17.6 Å². The molecule has 2 amide bonds. The van der Waals surface area contributed by atoms with E-state index in [4.69, 9.17) is 9.47 Å². The summed E-state index contributed by atoms with van der Waals surface area (Å²) in [6.07, 6.45) is 0.292. The fourth-order valence-corrected chi connectivity index (χ4v) is 1.14. The van der Waals surface area contributed by atoms with Crippen molar-refractivity contribution in [2.75, 3.05) is 26.1 Å². The lowest BCUT2D eigenvalue weighted by Gasteiger charge is -2.13. The number of hydrogen-bond acceptors (Lipinski definition) is 5. The van der Waals surface area contributed by atoms with Crippen molar-refractivity contribution in [3.05, 3.63) is 24.1 Å².